The lowest BCUT2D eigenvalue weighted by molar-refractivity contribution is -0.125. The van der Waals surface area contributed by atoms with Crippen LogP contribution in [0.2, 0.25) is 0 Å². The number of amides is 1. The van der Waals surface area contributed by atoms with Gasteiger partial charge in [-0.25, -0.2) is 0 Å². The molecule has 0 unspecified atom stereocenters. The number of carbonyl (C=O) groups is 1. The number of hydrogen-bond acceptors (Lipinski definition) is 5. The van der Waals surface area contributed by atoms with E-state index >= 15 is 0 Å². The van der Waals surface area contributed by atoms with E-state index < -0.39 is 5.60 Å². The molecule has 1 heterocycles. The van der Waals surface area contributed by atoms with Crippen molar-refractivity contribution in [2.24, 2.45) is 33.7 Å². The molecule has 0 radical (unpaired) electrons. The summed E-state index contributed by atoms with van der Waals surface area (Å²) in [4.78, 5) is 18.3. The number of nitrogens with one attached hydrogen (secondary N) is 1. The number of carbonyl (C=O) groups excluding carboxylic acids is 1. The number of nitrogens with zero attached hydrogens (tertiary/aromatic N) is 1. The molecule has 0 bridgehead atoms. The van der Waals surface area contributed by atoms with E-state index in [0.29, 0.717) is 24.3 Å². The second kappa shape index (κ2) is 11.6. The molecule has 6 rings (SSSR count). The van der Waals surface area contributed by atoms with E-state index in [9.17, 15) is 9.90 Å². The molecule has 6 nitrogen and oxygen atoms in total. The molecule has 44 heavy (non-hydrogen) atoms. The zero-order valence-corrected chi connectivity index (χ0v) is 27.3. The summed E-state index contributed by atoms with van der Waals surface area (Å²) in [6, 6.07) is 10.7. The summed E-state index contributed by atoms with van der Waals surface area (Å²) in [7, 11) is 0. The Morgan fingerprint density at radius 1 is 1.07 bits per heavy atom. The molecule has 7 atom stereocenters. The molecule has 3 saturated carbocycles. The molecule has 4 fully saturated rings. The molecule has 238 valence electrons. The van der Waals surface area contributed by atoms with Crippen LogP contribution in [0, 0.1) is 40.9 Å². The van der Waals surface area contributed by atoms with Gasteiger partial charge in [-0.1, -0.05) is 60.8 Å². The van der Waals surface area contributed by atoms with Crippen LogP contribution in [-0.2, 0) is 19.8 Å². The first-order valence-electron chi connectivity index (χ1n) is 17.0. The summed E-state index contributed by atoms with van der Waals surface area (Å²) in [5, 5.41) is 18.8. The van der Waals surface area contributed by atoms with Gasteiger partial charge in [0.2, 0.25) is 0 Å². The Bertz CT molecular complexity index is 1350. The van der Waals surface area contributed by atoms with Crippen LogP contribution in [0.25, 0.3) is 0 Å². The highest BCUT2D eigenvalue weighted by Crippen LogP contribution is 2.67. The van der Waals surface area contributed by atoms with Gasteiger partial charge in [0.15, 0.2) is 6.61 Å². The van der Waals surface area contributed by atoms with Gasteiger partial charge < -0.3 is 20.0 Å². The first-order chi connectivity index (χ1) is 20.9. The van der Waals surface area contributed by atoms with Crippen molar-refractivity contribution in [3.63, 3.8) is 0 Å². The summed E-state index contributed by atoms with van der Waals surface area (Å²) in [5.74, 6) is 4.39. The molecule has 0 aromatic heterocycles. The summed E-state index contributed by atoms with van der Waals surface area (Å²) in [5.41, 5.74) is 2.57. The van der Waals surface area contributed by atoms with Gasteiger partial charge in [-0.2, -0.15) is 0 Å². The first-order valence-corrected chi connectivity index (χ1v) is 17.0. The van der Waals surface area contributed by atoms with Crippen LogP contribution < -0.4 is 5.32 Å². The third-order valence-electron chi connectivity index (χ3n) is 12.9. The van der Waals surface area contributed by atoms with Gasteiger partial charge in [-0.3, -0.25) is 4.79 Å². The van der Waals surface area contributed by atoms with Crippen molar-refractivity contribution >= 4 is 11.6 Å². The number of benzene rings is 1. The number of rotatable bonds is 7. The smallest absolute Gasteiger partial charge is 0.260 e. The highest BCUT2D eigenvalue weighted by Gasteiger charge is 2.63. The van der Waals surface area contributed by atoms with Crippen molar-refractivity contribution in [3.05, 3.63) is 47.5 Å². The average molecular weight is 601 g/mol. The largest absolute Gasteiger partial charge is 0.385 e. The molecule has 0 spiro atoms. The van der Waals surface area contributed by atoms with Crippen LogP contribution in [-0.4, -0.2) is 47.7 Å². The van der Waals surface area contributed by atoms with Crippen molar-refractivity contribution in [1.82, 2.24) is 5.32 Å². The maximum Gasteiger partial charge on any atom is 0.260 e. The van der Waals surface area contributed by atoms with Gasteiger partial charge in [-0.05, 0) is 119 Å². The number of hydrogen-bond donors (Lipinski definition) is 2. The minimum Gasteiger partial charge on any atom is -0.385 e. The van der Waals surface area contributed by atoms with Crippen molar-refractivity contribution in [1.29, 1.82) is 0 Å². The maximum atomic E-state index is 12.7. The molecular weight excluding hydrogens is 548 g/mol. The van der Waals surface area contributed by atoms with Crippen molar-refractivity contribution in [3.8, 4) is 12.3 Å². The summed E-state index contributed by atoms with van der Waals surface area (Å²) >= 11 is 0. The molecule has 5 aliphatic rings. The Balaban J connectivity index is 1.03. The SMILES string of the molecule is C#C[C@]1(O)CC[C@@H]2[C@@H]3CCC4=C/C(=N\OCC(=O)NCC[C@@]5(c6ccccc6)CCOC(C)(C)C5)CC[C@]4(C)[C@H]3CC[C@@]21C. The molecule has 1 amide bonds. The molecule has 1 aliphatic heterocycles. The Morgan fingerprint density at radius 2 is 1.84 bits per heavy atom. The third kappa shape index (κ3) is 5.43. The van der Waals surface area contributed by atoms with Crippen LogP contribution in [0.3, 0.4) is 0 Å². The average Bonchev–Trinajstić information content (AvgIpc) is 3.28. The standard InChI is InChI=1S/C38H52N2O4/c1-6-38(42)19-16-32-30-13-12-28-24-29(14-17-35(28,4)31(30)15-18-36(32,38)5)40-44-25-33(41)39-22-20-37(27-10-8-7-9-11-27)21-23-43-34(2,3)26-37/h1,7-11,24,30-32,42H,12-23,25-26H2,2-5H3,(H,39,41)/b40-29-/t30-,31+,32-,35+,36+,37-,38+/m1/s1. The highest BCUT2D eigenvalue weighted by molar-refractivity contribution is 5.96. The fourth-order valence-electron chi connectivity index (χ4n) is 10.4. The molecule has 1 saturated heterocycles. The molecule has 4 aliphatic carbocycles. The fraction of sp³-hybridized carbons (Fsp3) is 0.684. The molecule has 6 heteroatoms. The monoisotopic (exact) mass is 600 g/mol. The summed E-state index contributed by atoms with van der Waals surface area (Å²) in [6.45, 7) is 10.3. The quantitative estimate of drug-likeness (QED) is 0.269. The van der Waals surface area contributed by atoms with Crippen molar-refractivity contribution < 1.29 is 19.5 Å². The number of fused-ring (bicyclic) bond motifs is 5. The van der Waals surface area contributed by atoms with E-state index in [1.807, 2.05) is 0 Å². The second-order valence-electron chi connectivity index (χ2n) is 15.6. The third-order valence-corrected chi connectivity index (χ3v) is 12.9. The topological polar surface area (TPSA) is 80.2 Å². The van der Waals surface area contributed by atoms with Gasteiger partial charge in [0.25, 0.3) is 5.91 Å². The molecular formula is C38H52N2O4. The van der Waals surface area contributed by atoms with Gasteiger partial charge in [0, 0.05) is 24.0 Å². The van der Waals surface area contributed by atoms with Crippen LogP contribution in [0.1, 0.15) is 104 Å². The lowest BCUT2D eigenvalue weighted by Gasteiger charge is -2.58. The predicted molar refractivity (Wildman–Crippen MR) is 174 cm³/mol. The zero-order valence-electron chi connectivity index (χ0n) is 27.3. The van der Waals surface area contributed by atoms with Crippen LogP contribution >= 0.6 is 0 Å². The molecule has 1 aromatic carbocycles. The van der Waals surface area contributed by atoms with E-state index in [4.69, 9.17) is 16.0 Å². The fourth-order valence-corrected chi connectivity index (χ4v) is 10.4. The summed E-state index contributed by atoms with van der Waals surface area (Å²) < 4.78 is 6.04. The lowest BCUT2D eigenvalue weighted by atomic mass is 9.46. The second-order valence-corrected chi connectivity index (χ2v) is 15.6. The molecule has 2 N–H and O–H groups in total. The number of oxime groups is 1. The van der Waals surface area contributed by atoms with Gasteiger partial charge in [0.1, 0.15) is 5.60 Å². The van der Waals surface area contributed by atoms with Gasteiger partial charge >= 0.3 is 0 Å². The van der Waals surface area contributed by atoms with Crippen LogP contribution in [0.4, 0.5) is 0 Å². The Morgan fingerprint density at radius 3 is 2.59 bits per heavy atom. The van der Waals surface area contributed by atoms with Gasteiger partial charge in [0.05, 0.1) is 11.3 Å². The van der Waals surface area contributed by atoms with Crippen LogP contribution in [0.15, 0.2) is 47.1 Å². The van der Waals surface area contributed by atoms with E-state index in [1.54, 1.807) is 0 Å². The minimum atomic E-state index is -0.958. The molecule has 1 aromatic rings. The van der Waals surface area contributed by atoms with E-state index in [1.165, 1.54) is 11.1 Å². The lowest BCUT2D eigenvalue weighted by Crippen LogP contribution is -2.54. The predicted octanol–water partition coefficient (Wildman–Crippen LogP) is 6.72. The van der Waals surface area contributed by atoms with Crippen molar-refractivity contribution in [2.45, 2.75) is 115 Å². The van der Waals surface area contributed by atoms with Crippen LogP contribution in [0.5, 0.6) is 0 Å². The minimum absolute atomic E-state index is 0.0193. The van der Waals surface area contributed by atoms with Gasteiger partial charge in [-0.15, -0.1) is 6.42 Å². The van der Waals surface area contributed by atoms with E-state index in [0.717, 1.165) is 82.9 Å². The normalized spacial score (nSPS) is 40.1. The Labute approximate surface area is 264 Å². The highest BCUT2D eigenvalue weighted by atomic mass is 16.6. The zero-order chi connectivity index (χ0) is 31.2. The Hall–Kier alpha value is -2.62. The van der Waals surface area contributed by atoms with Crippen molar-refractivity contribution in [2.75, 3.05) is 19.8 Å². The summed E-state index contributed by atoms with van der Waals surface area (Å²) in [6.07, 6.45) is 18.9. The number of aliphatic hydroxyl groups is 1. The maximum absolute atomic E-state index is 12.7. The van der Waals surface area contributed by atoms with E-state index in [-0.39, 0.29) is 34.4 Å². The number of ether oxygens (including phenoxy) is 1. The Kier molecular flexibility index (Phi) is 8.29. The van der Waals surface area contributed by atoms with E-state index in [2.05, 4.69) is 80.5 Å². The number of terminal acetylenes is 1. The first kappa shape index (κ1) is 31.4. The number of allylic oxidation sites excluding steroid dienone is 2.